The lowest BCUT2D eigenvalue weighted by Crippen LogP contribution is -1.92. The van der Waals surface area contributed by atoms with Crippen LogP contribution in [0.5, 0.6) is 0 Å². The highest BCUT2D eigenvalue weighted by Crippen LogP contribution is 1.72. The van der Waals surface area contributed by atoms with E-state index in [2.05, 4.69) is 22.7 Å². The van der Waals surface area contributed by atoms with Crippen molar-refractivity contribution in [2.45, 2.75) is 13.5 Å². The molecule has 0 atom stereocenters. The molecule has 1 aromatic rings. The molecule has 0 unspecified atom stereocenters. The zero-order chi connectivity index (χ0) is 5.11. The molecule has 2 radical (unpaired) electrons. The standard InChI is InChI=1S/C4H5N3/c1-2-7-4-5-3-6-7/h2H2,1H3. The highest BCUT2D eigenvalue weighted by molar-refractivity contribution is 4.47. The molecule has 7 heavy (non-hydrogen) atoms. The number of nitrogens with zero attached hydrogens (tertiary/aromatic N) is 3. The Bertz CT molecular complexity index is 121. The zero-order valence-electron chi connectivity index (χ0n) is 4.05. The van der Waals surface area contributed by atoms with Crippen LogP contribution in [0.2, 0.25) is 0 Å². The third-order valence-corrected chi connectivity index (χ3v) is 0.680. The van der Waals surface area contributed by atoms with E-state index in [1.54, 1.807) is 4.68 Å². The average Bonchev–Trinajstić information content (AvgIpc) is 2.14. The summed E-state index contributed by atoms with van der Waals surface area (Å²) >= 11 is 0. The Morgan fingerprint density at radius 3 is 2.86 bits per heavy atom. The van der Waals surface area contributed by atoms with Crippen LogP contribution >= 0.6 is 0 Å². The second-order valence-corrected chi connectivity index (χ2v) is 1.13. The molecule has 0 amide bonds. The maximum Gasteiger partial charge on any atom is 0.221 e. The number of hydrogen-bond acceptors (Lipinski definition) is 2. The topological polar surface area (TPSA) is 30.7 Å². The molecule has 36 valence electrons. The summed E-state index contributed by atoms with van der Waals surface area (Å²) in [6.07, 6.45) is 4.97. The predicted molar refractivity (Wildman–Crippen MR) is 23.4 cm³/mol. The molecule has 0 aliphatic heterocycles. The van der Waals surface area contributed by atoms with Crippen molar-refractivity contribution >= 4 is 0 Å². The summed E-state index contributed by atoms with van der Waals surface area (Å²) in [7, 11) is 0. The molecule has 0 fully saturated rings. The monoisotopic (exact) mass is 95.0 g/mol. The first-order valence-electron chi connectivity index (χ1n) is 2.12. The lowest BCUT2D eigenvalue weighted by atomic mass is 10.8. The van der Waals surface area contributed by atoms with Gasteiger partial charge in [0, 0.05) is 6.54 Å². The fraction of sp³-hybridized carbons (Fsp3) is 0.500. The number of rotatable bonds is 1. The van der Waals surface area contributed by atoms with Gasteiger partial charge in [-0.2, -0.15) is 0 Å². The van der Waals surface area contributed by atoms with Crippen molar-refractivity contribution in [2.24, 2.45) is 0 Å². The van der Waals surface area contributed by atoms with Gasteiger partial charge in [0.2, 0.25) is 6.33 Å². The average molecular weight is 95.1 g/mol. The van der Waals surface area contributed by atoms with Crippen LogP contribution < -0.4 is 0 Å². The van der Waals surface area contributed by atoms with Crippen molar-refractivity contribution in [1.82, 2.24) is 14.8 Å². The number of aryl methyl sites for hydroxylation is 1. The first kappa shape index (κ1) is 4.30. The summed E-state index contributed by atoms with van der Waals surface area (Å²) in [5, 5.41) is 3.66. The van der Waals surface area contributed by atoms with Crippen LogP contribution in [0, 0.1) is 12.7 Å². The largest absolute Gasteiger partial charge is 0.243 e. The maximum absolute atomic E-state index is 3.66. The van der Waals surface area contributed by atoms with Crippen molar-refractivity contribution in [3.8, 4) is 0 Å². The van der Waals surface area contributed by atoms with Gasteiger partial charge in [0.1, 0.15) is 0 Å². The summed E-state index contributed by atoms with van der Waals surface area (Å²) in [5.74, 6) is 0. The van der Waals surface area contributed by atoms with E-state index >= 15 is 0 Å². The normalized spacial score (nSPS) is 9.29. The molecular formula is C4H5N3. The van der Waals surface area contributed by atoms with E-state index in [-0.39, 0.29) is 0 Å². The van der Waals surface area contributed by atoms with Gasteiger partial charge in [-0.1, -0.05) is 0 Å². The Morgan fingerprint density at radius 1 is 1.71 bits per heavy atom. The molecule has 0 spiro atoms. The van der Waals surface area contributed by atoms with E-state index in [1.807, 2.05) is 6.92 Å². The minimum atomic E-state index is 0.816. The van der Waals surface area contributed by atoms with Crippen LogP contribution in [-0.4, -0.2) is 14.8 Å². The van der Waals surface area contributed by atoms with Crippen LogP contribution in [0.4, 0.5) is 0 Å². The van der Waals surface area contributed by atoms with E-state index in [9.17, 15) is 0 Å². The van der Waals surface area contributed by atoms with E-state index < -0.39 is 0 Å². The Balaban J connectivity index is 2.76. The summed E-state index contributed by atoms with van der Waals surface area (Å²) in [5.41, 5.74) is 0. The van der Waals surface area contributed by atoms with Crippen molar-refractivity contribution in [2.75, 3.05) is 0 Å². The predicted octanol–water partition coefficient (Wildman–Crippen LogP) is -0.102. The Morgan fingerprint density at radius 2 is 2.57 bits per heavy atom. The fourth-order valence-corrected chi connectivity index (χ4v) is 0.320. The highest BCUT2D eigenvalue weighted by Gasteiger charge is 1.81. The van der Waals surface area contributed by atoms with Crippen molar-refractivity contribution in [3.63, 3.8) is 0 Å². The van der Waals surface area contributed by atoms with Crippen LogP contribution in [0.1, 0.15) is 6.92 Å². The molecule has 0 N–H and O–H groups in total. The summed E-state index contributed by atoms with van der Waals surface area (Å²) < 4.78 is 1.58. The van der Waals surface area contributed by atoms with Gasteiger partial charge in [-0.25, -0.2) is 9.67 Å². The van der Waals surface area contributed by atoms with Gasteiger partial charge in [0.25, 0.3) is 0 Å². The smallest absolute Gasteiger partial charge is 0.221 e. The SMILES string of the molecule is CCn1[c]n[c]n1. The molecule has 0 aliphatic rings. The molecule has 1 aromatic heterocycles. The first-order chi connectivity index (χ1) is 3.43. The van der Waals surface area contributed by atoms with E-state index in [0.29, 0.717) is 0 Å². The number of hydrogen-bond donors (Lipinski definition) is 0. The molecule has 0 saturated carbocycles. The lowest BCUT2D eigenvalue weighted by molar-refractivity contribution is 0.651. The summed E-state index contributed by atoms with van der Waals surface area (Å²) in [6.45, 7) is 2.79. The Labute approximate surface area is 42.0 Å². The fourth-order valence-electron chi connectivity index (χ4n) is 0.320. The van der Waals surface area contributed by atoms with Crippen molar-refractivity contribution in [1.29, 1.82) is 0 Å². The van der Waals surface area contributed by atoms with E-state index in [0.717, 1.165) is 6.54 Å². The molecule has 3 heteroatoms. The molecule has 1 heterocycles. The van der Waals surface area contributed by atoms with Crippen LogP contribution in [0.15, 0.2) is 0 Å². The second kappa shape index (κ2) is 1.73. The summed E-state index contributed by atoms with van der Waals surface area (Å²) in [4.78, 5) is 3.49. The number of aromatic nitrogens is 3. The van der Waals surface area contributed by atoms with Gasteiger partial charge >= 0.3 is 0 Å². The van der Waals surface area contributed by atoms with Crippen molar-refractivity contribution in [3.05, 3.63) is 12.7 Å². The van der Waals surface area contributed by atoms with Crippen LogP contribution in [0.25, 0.3) is 0 Å². The lowest BCUT2D eigenvalue weighted by Gasteiger charge is -1.84. The Hall–Kier alpha value is -0.860. The molecule has 1 rings (SSSR count). The van der Waals surface area contributed by atoms with Gasteiger partial charge in [0.05, 0.1) is 0 Å². The summed E-state index contributed by atoms with van der Waals surface area (Å²) in [6, 6.07) is 0. The van der Waals surface area contributed by atoms with Gasteiger partial charge in [-0.15, -0.1) is 5.10 Å². The molecule has 0 aromatic carbocycles. The molecular weight excluding hydrogens is 90.1 g/mol. The zero-order valence-corrected chi connectivity index (χ0v) is 4.05. The molecule has 3 nitrogen and oxygen atoms in total. The third kappa shape index (κ3) is 0.765. The van der Waals surface area contributed by atoms with E-state index in [1.165, 1.54) is 0 Å². The maximum atomic E-state index is 3.66. The third-order valence-electron chi connectivity index (χ3n) is 0.680. The first-order valence-corrected chi connectivity index (χ1v) is 2.12. The van der Waals surface area contributed by atoms with Crippen LogP contribution in [-0.2, 0) is 6.54 Å². The highest BCUT2D eigenvalue weighted by atomic mass is 15.3. The minimum absolute atomic E-state index is 0.816. The van der Waals surface area contributed by atoms with Crippen LogP contribution in [0.3, 0.4) is 0 Å². The van der Waals surface area contributed by atoms with Gasteiger partial charge in [0.15, 0.2) is 6.33 Å². The molecule has 0 bridgehead atoms. The Kier molecular flexibility index (Phi) is 1.06. The minimum Gasteiger partial charge on any atom is -0.243 e. The molecule has 0 saturated heterocycles. The van der Waals surface area contributed by atoms with Crippen molar-refractivity contribution < 1.29 is 0 Å². The van der Waals surface area contributed by atoms with Gasteiger partial charge in [-0.05, 0) is 6.92 Å². The van der Waals surface area contributed by atoms with E-state index in [4.69, 9.17) is 0 Å². The molecule has 0 aliphatic carbocycles. The van der Waals surface area contributed by atoms with Gasteiger partial charge < -0.3 is 0 Å². The second-order valence-electron chi connectivity index (χ2n) is 1.13. The van der Waals surface area contributed by atoms with Gasteiger partial charge in [-0.3, -0.25) is 0 Å². The quantitative estimate of drug-likeness (QED) is 0.487.